The molecule has 0 aliphatic heterocycles. The number of fused-ring (bicyclic) bond motifs is 1. The molecule has 1 aromatic heterocycles. The summed E-state index contributed by atoms with van der Waals surface area (Å²) in [4.78, 5) is 15.2. The maximum atomic E-state index is 12.8. The summed E-state index contributed by atoms with van der Waals surface area (Å²) in [6.45, 7) is 4.93. The molecule has 5 heteroatoms. The van der Waals surface area contributed by atoms with E-state index in [9.17, 15) is 4.79 Å². The summed E-state index contributed by atoms with van der Waals surface area (Å²) in [6, 6.07) is 9.28. The fourth-order valence-corrected chi connectivity index (χ4v) is 3.93. The number of nitrogens with one attached hydrogen (secondary N) is 1. The molecule has 138 valence electrons. The third kappa shape index (κ3) is 3.16. The van der Waals surface area contributed by atoms with Crippen LogP contribution in [0.5, 0.6) is 0 Å². The van der Waals surface area contributed by atoms with Gasteiger partial charge in [-0.05, 0) is 64.6 Å². The fraction of sp³-hybridized carbons (Fsp3) is 0.524. The fourth-order valence-electron chi connectivity index (χ4n) is 3.93. The summed E-state index contributed by atoms with van der Waals surface area (Å²) >= 11 is 0. The molecule has 1 saturated carbocycles. The van der Waals surface area contributed by atoms with E-state index in [1.807, 2.05) is 16.8 Å². The average molecular weight is 352 g/mol. The molecule has 5 nitrogen and oxygen atoms in total. The standard InChI is InChI=1S/C21H28N4O/c1-14-7-4-5-9-18(14)25-19-10-6-8-17(19)20(23-25)21(26)22-13-15(2)24(3)16-11-12-16/h4-5,7,9,15-16H,6,8,10-13H2,1-3H3,(H,22,26). The van der Waals surface area contributed by atoms with Gasteiger partial charge in [-0.25, -0.2) is 4.68 Å². The normalized spacial score (nSPS) is 17.4. The van der Waals surface area contributed by atoms with Gasteiger partial charge >= 0.3 is 0 Å². The molecule has 1 heterocycles. The summed E-state index contributed by atoms with van der Waals surface area (Å²) in [5.41, 5.74) is 5.20. The molecule has 2 aliphatic carbocycles. The number of amides is 1. The zero-order chi connectivity index (χ0) is 18.3. The van der Waals surface area contributed by atoms with Crippen LogP contribution in [0.25, 0.3) is 5.69 Å². The predicted molar refractivity (Wildman–Crippen MR) is 103 cm³/mol. The van der Waals surface area contributed by atoms with Gasteiger partial charge in [-0.3, -0.25) is 9.69 Å². The third-order valence-electron chi connectivity index (χ3n) is 5.87. The van der Waals surface area contributed by atoms with E-state index in [1.54, 1.807) is 0 Å². The SMILES string of the molecule is Cc1ccccc1-n1nc(C(=O)NCC(C)N(C)C2CC2)c2c1CCC2. The van der Waals surface area contributed by atoms with Gasteiger partial charge in [0.1, 0.15) is 0 Å². The summed E-state index contributed by atoms with van der Waals surface area (Å²) in [6.07, 6.45) is 5.60. The van der Waals surface area contributed by atoms with E-state index in [2.05, 4.69) is 43.2 Å². The van der Waals surface area contributed by atoms with E-state index in [1.165, 1.54) is 24.1 Å². The zero-order valence-electron chi connectivity index (χ0n) is 16.0. The van der Waals surface area contributed by atoms with Crippen molar-refractivity contribution in [2.24, 2.45) is 0 Å². The lowest BCUT2D eigenvalue weighted by Gasteiger charge is -2.24. The number of aryl methyl sites for hydroxylation is 1. The molecule has 1 aromatic carbocycles. The van der Waals surface area contributed by atoms with Crippen LogP contribution in [-0.4, -0.2) is 46.3 Å². The van der Waals surface area contributed by atoms with Crippen molar-refractivity contribution in [1.82, 2.24) is 20.0 Å². The summed E-state index contributed by atoms with van der Waals surface area (Å²) in [5.74, 6) is -0.0356. The molecule has 26 heavy (non-hydrogen) atoms. The predicted octanol–water partition coefficient (Wildman–Crippen LogP) is 2.88. The Bertz CT molecular complexity index is 821. The van der Waals surface area contributed by atoms with Crippen LogP contribution in [0.15, 0.2) is 24.3 Å². The molecule has 1 atom stereocenters. The van der Waals surface area contributed by atoms with Crippen molar-refractivity contribution in [3.05, 3.63) is 46.8 Å². The highest BCUT2D eigenvalue weighted by Gasteiger charge is 2.30. The first-order valence-electron chi connectivity index (χ1n) is 9.73. The summed E-state index contributed by atoms with van der Waals surface area (Å²) in [7, 11) is 2.15. The Morgan fingerprint density at radius 2 is 2.12 bits per heavy atom. The van der Waals surface area contributed by atoms with Gasteiger partial charge in [0.15, 0.2) is 5.69 Å². The minimum absolute atomic E-state index is 0.0356. The monoisotopic (exact) mass is 352 g/mol. The molecule has 0 radical (unpaired) electrons. The maximum Gasteiger partial charge on any atom is 0.272 e. The molecule has 0 spiro atoms. The van der Waals surface area contributed by atoms with Gasteiger partial charge in [-0.15, -0.1) is 0 Å². The second kappa shape index (κ2) is 6.88. The summed E-state index contributed by atoms with van der Waals surface area (Å²) in [5, 5.41) is 7.84. The molecule has 1 N–H and O–H groups in total. The van der Waals surface area contributed by atoms with Crippen molar-refractivity contribution in [2.45, 2.75) is 58.0 Å². The molecule has 0 bridgehead atoms. The third-order valence-corrected chi connectivity index (χ3v) is 5.87. The van der Waals surface area contributed by atoms with Crippen LogP contribution in [0, 0.1) is 6.92 Å². The second-order valence-electron chi connectivity index (χ2n) is 7.78. The van der Waals surface area contributed by atoms with Crippen molar-refractivity contribution in [2.75, 3.05) is 13.6 Å². The van der Waals surface area contributed by atoms with Gasteiger partial charge < -0.3 is 5.32 Å². The lowest BCUT2D eigenvalue weighted by Crippen LogP contribution is -2.41. The van der Waals surface area contributed by atoms with Gasteiger partial charge in [0.25, 0.3) is 5.91 Å². The Balaban J connectivity index is 1.54. The van der Waals surface area contributed by atoms with Crippen LogP contribution >= 0.6 is 0 Å². The number of aromatic nitrogens is 2. The maximum absolute atomic E-state index is 12.8. The highest BCUT2D eigenvalue weighted by atomic mass is 16.2. The summed E-state index contributed by atoms with van der Waals surface area (Å²) < 4.78 is 1.99. The average Bonchev–Trinajstić information content (AvgIpc) is 3.27. The number of para-hydroxylation sites is 1. The Morgan fingerprint density at radius 3 is 2.85 bits per heavy atom. The Kier molecular flexibility index (Phi) is 4.57. The van der Waals surface area contributed by atoms with Crippen molar-refractivity contribution in [3.8, 4) is 5.69 Å². The van der Waals surface area contributed by atoms with Crippen LogP contribution in [0.2, 0.25) is 0 Å². The van der Waals surface area contributed by atoms with Crippen molar-refractivity contribution < 1.29 is 4.79 Å². The number of carbonyl (C=O) groups is 1. The Labute approximate surface area is 155 Å². The lowest BCUT2D eigenvalue weighted by molar-refractivity contribution is 0.0933. The van der Waals surface area contributed by atoms with Crippen LogP contribution in [-0.2, 0) is 12.8 Å². The first-order chi connectivity index (χ1) is 12.6. The number of hydrogen-bond acceptors (Lipinski definition) is 3. The zero-order valence-corrected chi connectivity index (χ0v) is 16.0. The van der Waals surface area contributed by atoms with Crippen LogP contribution in [0.3, 0.4) is 0 Å². The van der Waals surface area contributed by atoms with Crippen molar-refractivity contribution in [3.63, 3.8) is 0 Å². The molecular weight excluding hydrogens is 324 g/mol. The van der Waals surface area contributed by atoms with Gasteiger partial charge in [0, 0.05) is 29.9 Å². The molecule has 1 unspecified atom stereocenters. The quantitative estimate of drug-likeness (QED) is 0.870. The molecule has 1 fully saturated rings. The minimum Gasteiger partial charge on any atom is -0.349 e. The van der Waals surface area contributed by atoms with Crippen LogP contribution in [0.1, 0.15) is 53.5 Å². The minimum atomic E-state index is -0.0356. The number of benzene rings is 1. The number of hydrogen-bond donors (Lipinski definition) is 1. The Hall–Kier alpha value is -2.14. The van der Waals surface area contributed by atoms with Gasteiger partial charge in [0.2, 0.25) is 0 Å². The van der Waals surface area contributed by atoms with Gasteiger partial charge in [0.05, 0.1) is 5.69 Å². The van der Waals surface area contributed by atoms with Crippen molar-refractivity contribution >= 4 is 5.91 Å². The molecule has 2 aliphatic rings. The topological polar surface area (TPSA) is 50.2 Å². The van der Waals surface area contributed by atoms with E-state index in [0.717, 1.165) is 30.5 Å². The van der Waals surface area contributed by atoms with Gasteiger partial charge in [-0.1, -0.05) is 18.2 Å². The highest BCUT2D eigenvalue weighted by Crippen LogP contribution is 2.29. The van der Waals surface area contributed by atoms with Gasteiger partial charge in [-0.2, -0.15) is 5.10 Å². The van der Waals surface area contributed by atoms with E-state index < -0.39 is 0 Å². The first kappa shape index (κ1) is 17.3. The largest absolute Gasteiger partial charge is 0.349 e. The van der Waals surface area contributed by atoms with Crippen LogP contribution in [0.4, 0.5) is 0 Å². The van der Waals surface area contributed by atoms with E-state index in [-0.39, 0.29) is 5.91 Å². The van der Waals surface area contributed by atoms with E-state index >= 15 is 0 Å². The number of nitrogens with zero attached hydrogens (tertiary/aromatic N) is 3. The lowest BCUT2D eigenvalue weighted by atomic mass is 10.1. The second-order valence-corrected chi connectivity index (χ2v) is 7.78. The highest BCUT2D eigenvalue weighted by molar-refractivity contribution is 5.94. The van der Waals surface area contributed by atoms with E-state index in [0.29, 0.717) is 24.3 Å². The molecule has 2 aromatic rings. The first-order valence-corrected chi connectivity index (χ1v) is 9.73. The smallest absolute Gasteiger partial charge is 0.272 e. The Morgan fingerprint density at radius 1 is 1.35 bits per heavy atom. The number of likely N-dealkylation sites (N-methyl/N-ethyl adjacent to an activating group) is 1. The number of rotatable bonds is 6. The molecule has 0 saturated heterocycles. The van der Waals surface area contributed by atoms with Crippen LogP contribution < -0.4 is 5.32 Å². The molecule has 1 amide bonds. The van der Waals surface area contributed by atoms with E-state index in [4.69, 9.17) is 5.10 Å². The number of carbonyl (C=O) groups excluding carboxylic acids is 1. The molecule has 4 rings (SSSR count). The molecular formula is C21H28N4O. The van der Waals surface area contributed by atoms with Crippen molar-refractivity contribution in [1.29, 1.82) is 0 Å².